The molecule has 0 atom stereocenters. The zero-order valence-corrected chi connectivity index (χ0v) is 18.8. The van der Waals surface area contributed by atoms with E-state index in [9.17, 15) is 9.59 Å². The molecule has 4 rings (SSSR count). The number of ketones is 1. The molecule has 1 aromatic heterocycles. The summed E-state index contributed by atoms with van der Waals surface area (Å²) in [4.78, 5) is 30.2. The summed E-state index contributed by atoms with van der Waals surface area (Å²) in [5, 5.41) is 3.57. The van der Waals surface area contributed by atoms with Crippen molar-refractivity contribution in [2.75, 3.05) is 6.54 Å². The average molecular weight is 446 g/mol. The topological polar surface area (TPSA) is 64.0 Å². The molecular formula is C26H24ClN3O2. The van der Waals surface area contributed by atoms with E-state index in [0.717, 1.165) is 28.0 Å². The maximum Gasteiger partial charge on any atom is 0.251 e. The summed E-state index contributed by atoms with van der Waals surface area (Å²) in [6.07, 6.45) is 0.513. The number of aryl methyl sites for hydroxylation is 2. The molecule has 0 radical (unpaired) electrons. The van der Waals surface area contributed by atoms with Crippen LogP contribution >= 0.6 is 11.6 Å². The molecule has 0 aliphatic rings. The number of imidazole rings is 1. The van der Waals surface area contributed by atoms with Gasteiger partial charge in [0.1, 0.15) is 5.82 Å². The van der Waals surface area contributed by atoms with Gasteiger partial charge >= 0.3 is 0 Å². The number of carbonyl (C=O) groups excluding carboxylic acids is 2. The fourth-order valence-electron chi connectivity index (χ4n) is 3.81. The maximum absolute atomic E-state index is 12.9. The van der Waals surface area contributed by atoms with Gasteiger partial charge in [-0.05, 0) is 61.9 Å². The molecule has 1 N–H and O–H groups in total. The molecule has 5 nitrogen and oxygen atoms in total. The SMILES string of the molecule is Cc1ccc(C(=O)NCCc2nc3ccccc3n2CC(=O)c2ccc(Cl)cc2)c(C)c1. The summed E-state index contributed by atoms with van der Waals surface area (Å²) >= 11 is 5.95. The van der Waals surface area contributed by atoms with Crippen LogP contribution in [0.1, 0.15) is 37.7 Å². The number of nitrogens with zero attached hydrogens (tertiary/aromatic N) is 2. The Labute approximate surface area is 192 Å². The number of hydrogen-bond donors (Lipinski definition) is 1. The fourth-order valence-corrected chi connectivity index (χ4v) is 3.94. The molecule has 0 aliphatic carbocycles. The van der Waals surface area contributed by atoms with Crippen molar-refractivity contribution >= 4 is 34.3 Å². The molecule has 0 saturated heterocycles. The first-order valence-corrected chi connectivity index (χ1v) is 10.9. The largest absolute Gasteiger partial charge is 0.352 e. The van der Waals surface area contributed by atoms with Gasteiger partial charge in [0.05, 0.1) is 17.6 Å². The first kappa shape index (κ1) is 21.8. The number of nitrogens with one attached hydrogen (secondary N) is 1. The molecule has 162 valence electrons. The maximum atomic E-state index is 12.9. The number of aromatic nitrogens is 2. The Bertz CT molecular complexity index is 1290. The van der Waals surface area contributed by atoms with E-state index in [1.54, 1.807) is 24.3 Å². The lowest BCUT2D eigenvalue weighted by atomic mass is 10.1. The van der Waals surface area contributed by atoms with E-state index in [1.165, 1.54) is 0 Å². The third kappa shape index (κ3) is 4.73. The summed E-state index contributed by atoms with van der Waals surface area (Å²) in [7, 11) is 0. The molecule has 4 aromatic rings. The van der Waals surface area contributed by atoms with E-state index in [1.807, 2.05) is 60.9 Å². The van der Waals surface area contributed by atoms with Crippen LogP contribution in [0.25, 0.3) is 11.0 Å². The summed E-state index contributed by atoms with van der Waals surface area (Å²) in [6, 6.07) is 20.4. The second kappa shape index (κ2) is 9.37. The zero-order chi connectivity index (χ0) is 22.7. The highest BCUT2D eigenvalue weighted by molar-refractivity contribution is 6.30. The minimum Gasteiger partial charge on any atom is -0.352 e. The number of Topliss-reactive ketones (excluding diaryl/α,β-unsaturated/α-hetero) is 1. The smallest absolute Gasteiger partial charge is 0.251 e. The van der Waals surface area contributed by atoms with Crippen LogP contribution in [0.4, 0.5) is 0 Å². The molecule has 6 heteroatoms. The van der Waals surface area contributed by atoms with Crippen LogP contribution in [-0.2, 0) is 13.0 Å². The van der Waals surface area contributed by atoms with Crippen molar-refractivity contribution in [1.29, 1.82) is 0 Å². The van der Waals surface area contributed by atoms with Crippen LogP contribution in [-0.4, -0.2) is 27.8 Å². The Kier molecular flexibility index (Phi) is 6.37. The van der Waals surface area contributed by atoms with Crippen molar-refractivity contribution in [3.05, 3.63) is 99.8 Å². The highest BCUT2D eigenvalue weighted by atomic mass is 35.5. The first-order valence-electron chi connectivity index (χ1n) is 10.5. The molecule has 3 aromatic carbocycles. The van der Waals surface area contributed by atoms with Gasteiger partial charge in [-0.2, -0.15) is 0 Å². The lowest BCUT2D eigenvalue weighted by Crippen LogP contribution is -2.27. The highest BCUT2D eigenvalue weighted by Gasteiger charge is 2.16. The average Bonchev–Trinajstić information content (AvgIpc) is 3.11. The third-order valence-electron chi connectivity index (χ3n) is 5.46. The second-order valence-corrected chi connectivity index (χ2v) is 8.29. The summed E-state index contributed by atoms with van der Waals surface area (Å²) in [6.45, 7) is 4.53. The predicted molar refractivity (Wildman–Crippen MR) is 127 cm³/mol. The number of fused-ring (bicyclic) bond motifs is 1. The van der Waals surface area contributed by atoms with Crippen molar-refractivity contribution in [1.82, 2.24) is 14.9 Å². The Morgan fingerprint density at radius 2 is 1.75 bits per heavy atom. The minimum atomic E-state index is -0.109. The molecule has 0 saturated carbocycles. The predicted octanol–water partition coefficient (Wildman–Crippen LogP) is 5.16. The Balaban J connectivity index is 1.51. The standard InChI is InChI=1S/C26H24ClN3O2/c1-17-7-12-21(18(2)15-17)26(32)28-14-13-25-29-22-5-3-4-6-23(22)30(25)16-24(31)19-8-10-20(27)11-9-19/h3-12,15H,13-14,16H2,1-2H3,(H,28,32). The van der Waals surface area contributed by atoms with Crippen LogP contribution in [0.3, 0.4) is 0 Å². The number of hydrogen-bond acceptors (Lipinski definition) is 3. The molecule has 0 aliphatic heterocycles. The number of halogens is 1. The molecule has 32 heavy (non-hydrogen) atoms. The summed E-state index contributed by atoms with van der Waals surface area (Å²) < 4.78 is 1.93. The summed E-state index contributed by atoms with van der Waals surface area (Å²) in [5.74, 6) is 0.627. The molecule has 1 heterocycles. The van der Waals surface area contributed by atoms with Crippen LogP contribution in [0, 0.1) is 13.8 Å². The van der Waals surface area contributed by atoms with Gasteiger partial charge in [0.25, 0.3) is 5.91 Å². The van der Waals surface area contributed by atoms with E-state index < -0.39 is 0 Å². The molecule has 0 bridgehead atoms. The Morgan fingerprint density at radius 3 is 2.50 bits per heavy atom. The monoisotopic (exact) mass is 445 g/mol. The van der Waals surface area contributed by atoms with Crippen LogP contribution < -0.4 is 5.32 Å². The van der Waals surface area contributed by atoms with E-state index >= 15 is 0 Å². The van der Waals surface area contributed by atoms with E-state index in [4.69, 9.17) is 16.6 Å². The van der Waals surface area contributed by atoms with Crippen molar-refractivity contribution < 1.29 is 9.59 Å². The van der Waals surface area contributed by atoms with Crippen molar-refractivity contribution in [3.63, 3.8) is 0 Å². The van der Waals surface area contributed by atoms with Crippen LogP contribution in [0.5, 0.6) is 0 Å². The molecule has 0 unspecified atom stereocenters. The lowest BCUT2D eigenvalue weighted by molar-refractivity contribution is 0.0948. The van der Waals surface area contributed by atoms with Gasteiger partial charge in [0.2, 0.25) is 0 Å². The fraction of sp³-hybridized carbons (Fsp3) is 0.192. The minimum absolute atomic E-state index is 0.0228. The van der Waals surface area contributed by atoms with Gasteiger partial charge in [-0.1, -0.05) is 41.4 Å². The van der Waals surface area contributed by atoms with Gasteiger partial charge in [-0.15, -0.1) is 0 Å². The Morgan fingerprint density at radius 1 is 1.00 bits per heavy atom. The zero-order valence-electron chi connectivity index (χ0n) is 18.1. The first-order chi connectivity index (χ1) is 15.4. The van der Waals surface area contributed by atoms with E-state index in [2.05, 4.69) is 5.32 Å². The van der Waals surface area contributed by atoms with Gasteiger partial charge in [0.15, 0.2) is 5.78 Å². The lowest BCUT2D eigenvalue weighted by Gasteiger charge is -2.11. The number of para-hydroxylation sites is 2. The van der Waals surface area contributed by atoms with Gasteiger partial charge in [-0.3, -0.25) is 9.59 Å². The second-order valence-electron chi connectivity index (χ2n) is 7.86. The number of benzene rings is 3. The van der Waals surface area contributed by atoms with Gasteiger partial charge in [-0.25, -0.2) is 4.98 Å². The van der Waals surface area contributed by atoms with Gasteiger partial charge < -0.3 is 9.88 Å². The molecule has 0 spiro atoms. The number of rotatable bonds is 7. The number of carbonyl (C=O) groups is 2. The normalized spacial score (nSPS) is 11.0. The molecular weight excluding hydrogens is 422 g/mol. The van der Waals surface area contributed by atoms with E-state index in [-0.39, 0.29) is 18.2 Å². The third-order valence-corrected chi connectivity index (χ3v) is 5.71. The van der Waals surface area contributed by atoms with E-state index in [0.29, 0.717) is 29.1 Å². The molecule has 0 fully saturated rings. The highest BCUT2D eigenvalue weighted by Crippen LogP contribution is 2.18. The van der Waals surface area contributed by atoms with Crippen LogP contribution in [0.15, 0.2) is 66.7 Å². The van der Waals surface area contributed by atoms with Crippen molar-refractivity contribution in [3.8, 4) is 0 Å². The summed E-state index contributed by atoms with van der Waals surface area (Å²) in [5.41, 5.74) is 5.06. The van der Waals surface area contributed by atoms with Gasteiger partial charge in [0, 0.05) is 29.1 Å². The number of amides is 1. The van der Waals surface area contributed by atoms with Crippen molar-refractivity contribution in [2.45, 2.75) is 26.8 Å². The quantitative estimate of drug-likeness (QED) is 0.399. The van der Waals surface area contributed by atoms with Crippen molar-refractivity contribution in [2.24, 2.45) is 0 Å². The molecule has 1 amide bonds. The van der Waals surface area contributed by atoms with Crippen LogP contribution in [0.2, 0.25) is 5.02 Å². The Hall–Kier alpha value is -3.44.